The maximum absolute atomic E-state index is 11.9. The molecule has 1 atom stereocenters. The summed E-state index contributed by atoms with van der Waals surface area (Å²) in [5.41, 5.74) is 2.14. The summed E-state index contributed by atoms with van der Waals surface area (Å²) in [6.45, 7) is 3.18. The Balaban J connectivity index is 0.00000256. The lowest BCUT2D eigenvalue weighted by Gasteiger charge is -2.22. The lowest BCUT2D eigenvalue weighted by molar-refractivity contribution is -0.117. The van der Waals surface area contributed by atoms with Gasteiger partial charge in [-0.1, -0.05) is 18.2 Å². The second kappa shape index (κ2) is 10.6. The number of halogens is 1. The number of benzene rings is 1. The molecule has 0 spiro atoms. The van der Waals surface area contributed by atoms with Gasteiger partial charge in [0.25, 0.3) is 0 Å². The van der Waals surface area contributed by atoms with Crippen molar-refractivity contribution in [3.05, 3.63) is 54.2 Å². The predicted molar refractivity (Wildman–Crippen MR) is 128 cm³/mol. The number of amides is 1. The molecule has 4 rings (SSSR count). The van der Waals surface area contributed by atoms with E-state index < -0.39 is 0 Å². The molecule has 0 radical (unpaired) electrons. The van der Waals surface area contributed by atoms with Crippen LogP contribution in [-0.2, 0) is 11.3 Å². The zero-order valence-corrected chi connectivity index (χ0v) is 19.5. The first-order chi connectivity index (χ1) is 14.2. The minimum Gasteiger partial charge on any atom is -0.472 e. The first kappa shape index (κ1) is 22.3. The molecule has 7 nitrogen and oxygen atoms in total. The predicted octanol–water partition coefficient (Wildman–Crippen LogP) is 3.06. The maximum Gasteiger partial charge on any atom is 0.227 e. The van der Waals surface area contributed by atoms with Crippen LogP contribution < -0.4 is 15.0 Å². The summed E-state index contributed by atoms with van der Waals surface area (Å²) in [7, 11) is 1.80. The van der Waals surface area contributed by atoms with Crippen LogP contribution in [0.15, 0.2) is 53.7 Å². The molecule has 2 aliphatic rings. The number of nitrogens with zero attached hydrogens (tertiary/aromatic N) is 4. The molecule has 30 heavy (non-hydrogen) atoms. The average Bonchev–Trinajstić information content (AvgIpc) is 3.39. The van der Waals surface area contributed by atoms with Crippen LogP contribution in [0, 0.1) is 0 Å². The van der Waals surface area contributed by atoms with Crippen molar-refractivity contribution in [3.63, 3.8) is 0 Å². The maximum atomic E-state index is 11.9. The Morgan fingerprint density at radius 1 is 1.23 bits per heavy atom. The Morgan fingerprint density at radius 3 is 2.73 bits per heavy atom. The van der Waals surface area contributed by atoms with Gasteiger partial charge < -0.3 is 19.9 Å². The number of rotatable bonds is 5. The summed E-state index contributed by atoms with van der Waals surface area (Å²) in [5, 5.41) is 3.43. The highest BCUT2D eigenvalue weighted by molar-refractivity contribution is 14.0. The SMILES string of the molecule is CN=C(NCc1ccc(N2CCCC2=O)cc1)N1CCC(Oc2ccccn2)C1.I. The third-order valence-corrected chi connectivity index (χ3v) is 5.35. The minimum atomic E-state index is 0. The van der Waals surface area contributed by atoms with Crippen molar-refractivity contribution in [2.45, 2.75) is 31.9 Å². The van der Waals surface area contributed by atoms with E-state index in [0.29, 0.717) is 18.8 Å². The smallest absolute Gasteiger partial charge is 0.227 e. The fourth-order valence-electron chi connectivity index (χ4n) is 3.83. The topological polar surface area (TPSA) is 70.1 Å². The Hall–Kier alpha value is -2.36. The summed E-state index contributed by atoms with van der Waals surface area (Å²) < 4.78 is 5.97. The van der Waals surface area contributed by atoms with Crippen LogP contribution in [0.25, 0.3) is 0 Å². The molecular weight excluding hydrogens is 493 g/mol. The number of hydrogen-bond acceptors (Lipinski definition) is 4. The fourth-order valence-corrected chi connectivity index (χ4v) is 3.83. The average molecular weight is 521 g/mol. The summed E-state index contributed by atoms with van der Waals surface area (Å²) in [4.78, 5) is 24.6. The first-order valence-corrected chi connectivity index (χ1v) is 10.2. The number of aromatic nitrogens is 1. The van der Waals surface area contributed by atoms with Crippen molar-refractivity contribution >= 4 is 41.5 Å². The Kier molecular flexibility index (Phi) is 7.89. The van der Waals surface area contributed by atoms with E-state index in [1.807, 2.05) is 35.2 Å². The highest BCUT2D eigenvalue weighted by atomic mass is 127. The highest BCUT2D eigenvalue weighted by Gasteiger charge is 2.26. The molecule has 0 aliphatic carbocycles. The highest BCUT2D eigenvalue weighted by Crippen LogP contribution is 2.21. The molecule has 1 unspecified atom stereocenters. The summed E-state index contributed by atoms with van der Waals surface area (Å²) in [6.07, 6.45) is 4.39. The standard InChI is InChI=1S/C22H27N5O2.HI/c1-23-22(26-14-11-19(16-26)29-20-5-2-3-12-24-20)25-15-17-7-9-18(10-8-17)27-13-4-6-21(27)28;/h2-3,5,7-10,12,19H,4,6,11,13-16H2,1H3,(H,23,25);1H. The number of hydrogen-bond donors (Lipinski definition) is 1. The van der Waals surface area contributed by atoms with E-state index in [2.05, 4.69) is 32.3 Å². The number of ether oxygens (including phenoxy) is 1. The van der Waals surface area contributed by atoms with Crippen molar-refractivity contribution in [3.8, 4) is 5.88 Å². The molecule has 2 aromatic rings. The van der Waals surface area contributed by atoms with Gasteiger partial charge in [-0.25, -0.2) is 4.98 Å². The van der Waals surface area contributed by atoms with Crippen molar-refractivity contribution < 1.29 is 9.53 Å². The number of guanidine groups is 1. The molecule has 0 bridgehead atoms. The molecule has 2 fully saturated rings. The van der Waals surface area contributed by atoms with E-state index in [1.54, 1.807) is 13.2 Å². The Morgan fingerprint density at radius 2 is 2.07 bits per heavy atom. The van der Waals surface area contributed by atoms with Gasteiger partial charge >= 0.3 is 0 Å². The number of anilines is 1. The van der Waals surface area contributed by atoms with Crippen molar-refractivity contribution in [2.75, 3.05) is 31.6 Å². The van der Waals surface area contributed by atoms with Gasteiger partial charge in [0.1, 0.15) is 6.10 Å². The van der Waals surface area contributed by atoms with Crippen LogP contribution in [0.4, 0.5) is 5.69 Å². The first-order valence-electron chi connectivity index (χ1n) is 10.2. The monoisotopic (exact) mass is 521 g/mol. The second-order valence-corrected chi connectivity index (χ2v) is 7.36. The lowest BCUT2D eigenvalue weighted by Crippen LogP contribution is -2.40. The zero-order valence-electron chi connectivity index (χ0n) is 17.2. The van der Waals surface area contributed by atoms with Gasteiger partial charge in [-0.05, 0) is 30.2 Å². The van der Waals surface area contributed by atoms with Gasteiger partial charge in [-0.3, -0.25) is 9.79 Å². The van der Waals surface area contributed by atoms with Crippen LogP contribution in [0.3, 0.4) is 0 Å². The number of carbonyl (C=O) groups is 1. The Labute approximate surface area is 194 Å². The van der Waals surface area contributed by atoms with E-state index in [0.717, 1.165) is 49.7 Å². The normalized spacial score (nSPS) is 19.0. The third kappa shape index (κ3) is 5.41. The Bertz CT molecular complexity index is 860. The number of aliphatic imine (C=N–C) groups is 1. The third-order valence-electron chi connectivity index (χ3n) is 5.35. The van der Waals surface area contributed by atoms with E-state index in [1.165, 1.54) is 0 Å². The summed E-state index contributed by atoms with van der Waals surface area (Å²) in [5.74, 6) is 1.75. The number of pyridine rings is 1. The van der Waals surface area contributed by atoms with Gasteiger partial charge in [0, 0.05) is 57.5 Å². The number of carbonyl (C=O) groups excluding carboxylic acids is 1. The van der Waals surface area contributed by atoms with Gasteiger partial charge in [0.15, 0.2) is 5.96 Å². The molecule has 2 saturated heterocycles. The molecule has 2 aliphatic heterocycles. The lowest BCUT2D eigenvalue weighted by atomic mass is 10.2. The van der Waals surface area contributed by atoms with Crippen molar-refractivity contribution in [1.82, 2.24) is 15.2 Å². The van der Waals surface area contributed by atoms with E-state index in [-0.39, 0.29) is 36.0 Å². The molecule has 160 valence electrons. The molecular formula is C22H28IN5O2. The van der Waals surface area contributed by atoms with Gasteiger partial charge in [0.2, 0.25) is 11.8 Å². The molecule has 1 amide bonds. The quantitative estimate of drug-likeness (QED) is 0.372. The van der Waals surface area contributed by atoms with Gasteiger partial charge in [-0.2, -0.15) is 0 Å². The molecule has 1 aromatic carbocycles. The number of likely N-dealkylation sites (tertiary alicyclic amines) is 1. The van der Waals surface area contributed by atoms with E-state index in [9.17, 15) is 4.79 Å². The van der Waals surface area contributed by atoms with Crippen molar-refractivity contribution in [2.24, 2.45) is 4.99 Å². The van der Waals surface area contributed by atoms with Crippen LogP contribution in [-0.4, -0.2) is 54.5 Å². The van der Waals surface area contributed by atoms with Crippen LogP contribution in [0.1, 0.15) is 24.8 Å². The molecule has 1 aromatic heterocycles. The van der Waals surface area contributed by atoms with E-state index in [4.69, 9.17) is 4.74 Å². The van der Waals surface area contributed by atoms with E-state index >= 15 is 0 Å². The van der Waals surface area contributed by atoms with Crippen molar-refractivity contribution in [1.29, 1.82) is 0 Å². The minimum absolute atomic E-state index is 0. The fraction of sp³-hybridized carbons (Fsp3) is 0.409. The van der Waals surface area contributed by atoms with Crippen LogP contribution >= 0.6 is 24.0 Å². The zero-order chi connectivity index (χ0) is 20.1. The summed E-state index contributed by atoms with van der Waals surface area (Å²) >= 11 is 0. The van der Waals surface area contributed by atoms with Crippen LogP contribution in [0.2, 0.25) is 0 Å². The molecule has 1 N–H and O–H groups in total. The summed E-state index contributed by atoms with van der Waals surface area (Å²) in [6, 6.07) is 13.9. The molecule has 0 saturated carbocycles. The second-order valence-electron chi connectivity index (χ2n) is 7.36. The molecule has 3 heterocycles. The van der Waals surface area contributed by atoms with Gasteiger partial charge in [-0.15, -0.1) is 24.0 Å². The van der Waals surface area contributed by atoms with Crippen LogP contribution in [0.5, 0.6) is 5.88 Å². The number of nitrogens with one attached hydrogen (secondary N) is 1. The van der Waals surface area contributed by atoms with Gasteiger partial charge in [0.05, 0.1) is 6.54 Å². The largest absolute Gasteiger partial charge is 0.472 e. The molecule has 8 heteroatoms.